The molecule has 0 bridgehead atoms. The zero-order chi connectivity index (χ0) is 51.3. The lowest BCUT2D eigenvalue weighted by molar-refractivity contribution is -0.384. The van der Waals surface area contributed by atoms with Crippen molar-refractivity contribution in [3.05, 3.63) is 77.9 Å². The van der Waals surface area contributed by atoms with Crippen LogP contribution in [0.2, 0.25) is 0 Å². The number of aliphatic hydroxyl groups is 3. The van der Waals surface area contributed by atoms with Crippen molar-refractivity contribution in [2.24, 2.45) is 0 Å². The summed E-state index contributed by atoms with van der Waals surface area (Å²) in [5.41, 5.74) is 19.6. The van der Waals surface area contributed by atoms with Gasteiger partial charge in [-0.05, 0) is 18.5 Å². The molecule has 0 radical (unpaired) electrons. The van der Waals surface area contributed by atoms with Gasteiger partial charge in [0.05, 0.1) is 43.2 Å². The third kappa shape index (κ3) is 10.2. The molecule has 0 amide bonds. The number of non-ortho nitro benzene ring substituents is 1. The first-order chi connectivity index (χ1) is 34.9. The lowest BCUT2D eigenvalue weighted by atomic mass is 10.1. The number of ether oxygens (including phenoxy) is 3. The molecule has 3 saturated heterocycles. The van der Waals surface area contributed by atoms with Crippen molar-refractivity contribution in [2.45, 2.75) is 80.4 Å². The van der Waals surface area contributed by atoms with Crippen molar-refractivity contribution in [1.29, 1.82) is 0 Å². The average Bonchev–Trinajstić information content (AvgIpc) is 4.23. The van der Waals surface area contributed by atoms with Crippen molar-refractivity contribution >= 4 is 72.3 Å². The number of hydrogen-bond acceptors (Lipinski definition) is 27. The summed E-state index contributed by atoms with van der Waals surface area (Å²) in [4.78, 5) is 69.8. The van der Waals surface area contributed by atoms with E-state index >= 15 is 0 Å². The average molecular weight is 1060 g/mol. The number of phosphoric ester groups is 2. The van der Waals surface area contributed by atoms with Gasteiger partial charge in [0.25, 0.3) is 5.69 Å². The molecule has 0 saturated carbocycles. The zero-order valence-electron chi connectivity index (χ0n) is 37.5. The van der Waals surface area contributed by atoms with Crippen LogP contribution in [0.3, 0.4) is 0 Å². The van der Waals surface area contributed by atoms with E-state index in [1.165, 1.54) is 57.5 Å². The van der Waals surface area contributed by atoms with E-state index in [2.05, 4.69) is 50.2 Å². The van der Waals surface area contributed by atoms with E-state index in [4.69, 9.17) is 49.5 Å². The van der Waals surface area contributed by atoms with Crippen LogP contribution in [0.25, 0.3) is 33.5 Å². The molecule has 73 heavy (non-hydrogen) atoms. The van der Waals surface area contributed by atoms with E-state index in [-0.39, 0.29) is 69.6 Å². The van der Waals surface area contributed by atoms with Crippen LogP contribution in [0.15, 0.2) is 62.2 Å². The van der Waals surface area contributed by atoms with Crippen molar-refractivity contribution in [3.8, 4) is 0 Å². The molecule has 13 atom stereocenters. The van der Waals surface area contributed by atoms with Gasteiger partial charge in [0.1, 0.15) is 78.3 Å². The number of rotatable bonds is 19. The Kier molecular flexibility index (Phi) is 13.8. The molecule has 3 aliphatic rings. The Labute approximate surface area is 408 Å². The molecule has 388 valence electrons. The van der Waals surface area contributed by atoms with E-state index in [0.717, 1.165) is 11.9 Å². The monoisotopic (exact) mass is 1060 g/mol. The van der Waals surface area contributed by atoms with Gasteiger partial charge < -0.3 is 61.8 Å². The summed E-state index contributed by atoms with van der Waals surface area (Å²) in [5, 5.41) is 47.6. The van der Waals surface area contributed by atoms with E-state index in [1.54, 1.807) is 12.1 Å². The Morgan fingerprint density at radius 1 is 0.671 bits per heavy atom. The largest absolute Gasteiger partial charge is 0.472 e. The van der Waals surface area contributed by atoms with Gasteiger partial charge in [-0.2, -0.15) is 0 Å². The standard InChI is InChI=1S/C38H45N17O16P2/c39-30-23-33(46-11-43-30)52(14-49-23)36-20(70-72(61,62)66-10-22-26(56)28(58)37(69-22)53-15-50-24-31(40)44-12-47-34(24)53)7-19(67-36)9-65-73(63,64)71-29-27(57)21(8-42-6-5-17-1-3-18(4-2-17)55(59)60)68-38(29)54-16-51-25-32(41)45-13-48-35(25)54/h1-4,11-16,19-22,26-29,36-38,42,56-58H,5-10H2,(H,61,62)(H,63,64)(H2,39,43,46)(H2,40,44,47)(H2,41,45,48)/t19-,20+,21+,22+,26+,27+,28+,29+,36+,37+,38+/m0/s1. The van der Waals surface area contributed by atoms with Gasteiger partial charge in [-0.1, -0.05) is 12.1 Å². The topological polar surface area (TPSA) is 464 Å². The highest BCUT2D eigenvalue weighted by Gasteiger charge is 2.51. The third-order valence-electron chi connectivity index (χ3n) is 12.2. The molecule has 0 spiro atoms. The third-order valence-corrected chi connectivity index (χ3v) is 14.2. The number of benzene rings is 1. The maximum absolute atomic E-state index is 13.9. The summed E-state index contributed by atoms with van der Waals surface area (Å²) in [6, 6.07) is 6.01. The molecule has 0 aliphatic carbocycles. The van der Waals surface area contributed by atoms with Crippen LogP contribution >= 0.6 is 15.6 Å². The number of aromatic nitrogens is 12. The van der Waals surface area contributed by atoms with E-state index in [0.29, 0.717) is 13.0 Å². The first-order valence-corrected chi connectivity index (χ1v) is 25.0. The van der Waals surface area contributed by atoms with E-state index in [1.807, 2.05) is 0 Å². The van der Waals surface area contributed by atoms with Crippen LogP contribution in [0.1, 0.15) is 30.7 Å². The van der Waals surface area contributed by atoms with Crippen molar-refractivity contribution in [1.82, 2.24) is 63.9 Å². The summed E-state index contributed by atoms with van der Waals surface area (Å²) < 4.78 is 71.8. The molecule has 1 aromatic carbocycles. The molecule has 35 heteroatoms. The number of nitro benzene ring substituents is 1. The molecule has 12 N–H and O–H groups in total. The molecule has 9 heterocycles. The molecular formula is C38H45N17O16P2. The Bertz CT molecular complexity index is 3240. The number of phosphoric acid groups is 2. The van der Waals surface area contributed by atoms with Gasteiger partial charge in [-0.3, -0.25) is 41.9 Å². The number of anilines is 3. The number of nitrogens with one attached hydrogen (secondary N) is 1. The molecule has 3 fully saturated rings. The van der Waals surface area contributed by atoms with Gasteiger partial charge >= 0.3 is 15.6 Å². The molecule has 6 aromatic heterocycles. The van der Waals surface area contributed by atoms with Gasteiger partial charge in [0.15, 0.2) is 53.1 Å². The number of nitrogens with zero attached hydrogens (tertiary/aromatic N) is 13. The number of nitrogen functional groups attached to an aromatic ring is 3. The van der Waals surface area contributed by atoms with Crippen LogP contribution in [-0.2, 0) is 47.9 Å². The SMILES string of the molecule is Nc1ncnc2c1ncn2[C@@H]1O[C@H](COP(=O)(O)O[C@@H]2C[C@@H](COP(=O)(O)O[C@@H]3[C@H](O)[C@@H](CNCCc4ccc([N+](=O)[O-])cc4)O[C@H]3n3cnc4c(N)ncnc43)O[C@H]2n2cnc3c(N)ncnc32)[C@@H](O)[C@H]1O. The summed E-state index contributed by atoms with van der Waals surface area (Å²) in [7, 11) is -10.3. The second-order valence-corrected chi connectivity index (χ2v) is 19.7. The van der Waals surface area contributed by atoms with Crippen LogP contribution in [0.5, 0.6) is 0 Å². The normalized spacial score (nSPS) is 28.0. The Hall–Kier alpha value is -6.39. The predicted molar refractivity (Wildman–Crippen MR) is 245 cm³/mol. The molecule has 2 unspecified atom stereocenters. The number of nitrogens with two attached hydrogens (primary N) is 3. The number of nitro groups is 1. The van der Waals surface area contributed by atoms with Crippen LogP contribution < -0.4 is 22.5 Å². The lowest BCUT2D eigenvalue weighted by Gasteiger charge is -2.24. The summed E-state index contributed by atoms with van der Waals surface area (Å²) in [6.07, 6.45) is -7.90. The minimum atomic E-state index is -5.19. The second-order valence-electron chi connectivity index (χ2n) is 16.9. The van der Waals surface area contributed by atoms with Crippen molar-refractivity contribution < 1.29 is 71.5 Å². The van der Waals surface area contributed by atoms with Crippen molar-refractivity contribution in [2.75, 3.05) is 43.5 Å². The van der Waals surface area contributed by atoms with Crippen LogP contribution in [0, 0.1) is 10.1 Å². The molecule has 33 nitrogen and oxygen atoms in total. The minimum Gasteiger partial charge on any atom is -0.387 e. The Morgan fingerprint density at radius 3 is 1.77 bits per heavy atom. The first-order valence-electron chi connectivity index (χ1n) is 22.0. The summed E-state index contributed by atoms with van der Waals surface area (Å²) >= 11 is 0. The van der Waals surface area contributed by atoms with Gasteiger partial charge in [0, 0.05) is 25.1 Å². The number of hydrogen-bond donors (Lipinski definition) is 9. The van der Waals surface area contributed by atoms with Crippen LogP contribution in [-0.4, -0.2) is 164 Å². The number of imidazole rings is 3. The summed E-state index contributed by atoms with van der Waals surface area (Å²) in [5.74, 6) is 0.0848. The van der Waals surface area contributed by atoms with Gasteiger partial charge in [0.2, 0.25) is 0 Å². The Balaban J connectivity index is 0.819. The molecule has 7 aromatic rings. The molecule has 3 aliphatic heterocycles. The maximum atomic E-state index is 13.9. The smallest absolute Gasteiger partial charge is 0.387 e. The van der Waals surface area contributed by atoms with E-state index in [9.17, 15) is 44.4 Å². The highest BCUT2D eigenvalue weighted by Crippen LogP contribution is 2.53. The fraction of sp³-hybridized carbons (Fsp3) is 0.447. The van der Waals surface area contributed by atoms with Crippen molar-refractivity contribution in [3.63, 3.8) is 0 Å². The van der Waals surface area contributed by atoms with Gasteiger partial charge in [-0.25, -0.2) is 54.0 Å². The van der Waals surface area contributed by atoms with Gasteiger partial charge in [-0.15, -0.1) is 0 Å². The zero-order valence-corrected chi connectivity index (χ0v) is 39.3. The first kappa shape index (κ1) is 50.2. The number of aliphatic hydroxyl groups excluding tert-OH is 3. The quantitative estimate of drug-likeness (QED) is 0.0206. The fourth-order valence-corrected chi connectivity index (χ4v) is 10.5. The highest BCUT2D eigenvalue weighted by atomic mass is 31.2. The lowest BCUT2D eigenvalue weighted by Crippen LogP contribution is -2.39. The van der Waals surface area contributed by atoms with E-state index < -0.39 is 101 Å². The molecular weight excluding hydrogens is 1010 g/mol. The summed E-state index contributed by atoms with van der Waals surface area (Å²) in [6.45, 7) is -1.12. The highest BCUT2D eigenvalue weighted by molar-refractivity contribution is 7.47. The van der Waals surface area contributed by atoms with Crippen LogP contribution in [0.4, 0.5) is 23.1 Å². The molecule has 10 rings (SSSR count). The number of fused-ring (bicyclic) bond motifs is 3. The Morgan fingerprint density at radius 2 is 1.19 bits per heavy atom. The predicted octanol–water partition coefficient (Wildman–Crippen LogP) is -0.837. The maximum Gasteiger partial charge on any atom is 0.472 e. The second kappa shape index (κ2) is 20.1. The minimum absolute atomic E-state index is 0.0000992. The fourth-order valence-electron chi connectivity index (χ4n) is 8.64.